The predicted molar refractivity (Wildman–Crippen MR) is 117 cm³/mol. The van der Waals surface area contributed by atoms with E-state index in [2.05, 4.69) is 9.88 Å². The molecular weight excluding hydrogens is 422 g/mol. The molecule has 3 aromatic heterocycles. The van der Waals surface area contributed by atoms with Gasteiger partial charge in [-0.3, -0.25) is 9.36 Å². The number of anilines is 1. The van der Waals surface area contributed by atoms with Crippen LogP contribution in [0.15, 0.2) is 39.6 Å². The quantitative estimate of drug-likeness (QED) is 0.613. The summed E-state index contributed by atoms with van der Waals surface area (Å²) in [7, 11) is -3.88. The van der Waals surface area contributed by atoms with Crippen LogP contribution in [0.5, 0.6) is 0 Å². The molecule has 5 rings (SSSR count). The number of fused-ring (bicyclic) bond motifs is 1. The van der Waals surface area contributed by atoms with E-state index < -0.39 is 15.5 Å². The summed E-state index contributed by atoms with van der Waals surface area (Å²) in [6.45, 7) is 2.76. The van der Waals surface area contributed by atoms with E-state index in [1.807, 2.05) is 11.4 Å². The van der Waals surface area contributed by atoms with Crippen molar-refractivity contribution in [3.05, 3.63) is 40.1 Å². The van der Waals surface area contributed by atoms with Gasteiger partial charge in [-0.1, -0.05) is 6.42 Å². The van der Waals surface area contributed by atoms with E-state index in [-0.39, 0.29) is 4.90 Å². The van der Waals surface area contributed by atoms with Crippen LogP contribution in [0.4, 0.5) is 5.82 Å². The van der Waals surface area contributed by atoms with Crippen molar-refractivity contribution in [2.24, 2.45) is 0 Å². The zero-order chi connectivity index (χ0) is 20.7. The number of nitrogens with zero attached hydrogens (tertiary/aromatic N) is 5. The second kappa shape index (κ2) is 7.75. The second-order valence-electron chi connectivity index (χ2n) is 7.71. The number of pyridine rings is 2. The van der Waals surface area contributed by atoms with E-state index in [1.165, 1.54) is 21.8 Å². The van der Waals surface area contributed by atoms with Gasteiger partial charge in [0.2, 0.25) is 15.5 Å². The van der Waals surface area contributed by atoms with Gasteiger partial charge in [-0.05, 0) is 37.8 Å². The van der Waals surface area contributed by atoms with Crippen molar-refractivity contribution < 1.29 is 8.42 Å². The SMILES string of the molecule is O=c1c(S(=O)(=O)N2CCCCC2)cn(-c2nccs2)c2nc(N3CCCC3)ccc12. The highest BCUT2D eigenvalue weighted by molar-refractivity contribution is 7.89. The Balaban J connectivity index is 1.72. The molecule has 0 radical (unpaired) electrons. The minimum Gasteiger partial charge on any atom is -0.357 e. The molecule has 0 amide bonds. The summed E-state index contributed by atoms with van der Waals surface area (Å²) in [6, 6.07) is 3.52. The minimum atomic E-state index is -3.88. The van der Waals surface area contributed by atoms with Crippen LogP contribution in [0.1, 0.15) is 32.1 Å². The first kappa shape index (κ1) is 19.7. The molecule has 2 saturated heterocycles. The van der Waals surface area contributed by atoms with Crippen molar-refractivity contribution >= 4 is 38.2 Å². The highest BCUT2D eigenvalue weighted by Crippen LogP contribution is 2.26. The van der Waals surface area contributed by atoms with Gasteiger partial charge >= 0.3 is 0 Å². The van der Waals surface area contributed by atoms with Gasteiger partial charge in [0.1, 0.15) is 10.7 Å². The maximum absolute atomic E-state index is 13.3. The van der Waals surface area contributed by atoms with E-state index in [1.54, 1.807) is 16.8 Å². The topological polar surface area (TPSA) is 88.4 Å². The lowest BCUT2D eigenvalue weighted by Crippen LogP contribution is -2.38. The van der Waals surface area contributed by atoms with Crippen LogP contribution in [-0.2, 0) is 10.0 Å². The van der Waals surface area contributed by atoms with Crippen LogP contribution in [0, 0.1) is 0 Å². The third-order valence-electron chi connectivity index (χ3n) is 5.79. The van der Waals surface area contributed by atoms with Gasteiger partial charge < -0.3 is 4.90 Å². The molecule has 0 N–H and O–H groups in total. The fraction of sp³-hybridized carbons (Fsp3) is 0.450. The van der Waals surface area contributed by atoms with E-state index >= 15 is 0 Å². The third-order valence-corrected chi connectivity index (χ3v) is 8.45. The molecule has 10 heteroatoms. The molecule has 2 aliphatic heterocycles. The average Bonchev–Trinajstić information content (AvgIpc) is 3.49. The Kier molecular flexibility index (Phi) is 5.08. The van der Waals surface area contributed by atoms with Gasteiger partial charge in [-0.2, -0.15) is 4.31 Å². The Hall–Kier alpha value is -2.30. The molecule has 0 unspecified atom stereocenters. The molecule has 2 aliphatic rings. The van der Waals surface area contributed by atoms with Gasteiger partial charge in [0.05, 0.1) is 5.39 Å². The number of rotatable bonds is 4. The Bertz CT molecular complexity index is 1230. The lowest BCUT2D eigenvalue weighted by Gasteiger charge is -2.26. The molecule has 3 aromatic rings. The van der Waals surface area contributed by atoms with Crippen molar-refractivity contribution in [3.8, 4) is 5.13 Å². The molecule has 0 saturated carbocycles. The maximum Gasteiger partial charge on any atom is 0.248 e. The summed E-state index contributed by atoms with van der Waals surface area (Å²) in [5.74, 6) is 0.802. The molecule has 8 nitrogen and oxygen atoms in total. The molecule has 0 aromatic carbocycles. The standard InChI is InChI=1S/C20H23N5O3S2/c26-18-15-6-7-17(23-9-4-5-10-23)22-19(15)25(20-21-8-13-29-20)14-16(18)30(27,28)24-11-2-1-3-12-24/h6-8,13-14H,1-5,9-12H2. The Morgan fingerprint density at radius 1 is 0.967 bits per heavy atom. The fourth-order valence-corrected chi connectivity index (χ4v) is 6.42. The molecule has 2 fully saturated rings. The number of piperidine rings is 1. The molecule has 0 atom stereocenters. The summed E-state index contributed by atoms with van der Waals surface area (Å²) in [4.78, 5) is 24.4. The first-order chi connectivity index (χ1) is 14.6. The Labute approximate surface area is 178 Å². The number of thiazole rings is 1. The van der Waals surface area contributed by atoms with Gasteiger partial charge in [-0.25, -0.2) is 18.4 Å². The lowest BCUT2D eigenvalue weighted by atomic mass is 10.2. The first-order valence-electron chi connectivity index (χ1n) is 10.3. The zero-order valence-electron chi connectivity index (χ0n) is 16.5. The van der Waals surface area contributed by atoms with Gasteiger partial charge in [0.25, 0.3) is 0 Å². The third kappa shape index (κ3) is 3.32. The Morgan fingerprint density at radius 3 is 2.40 bits per heavy atom. The summed E-state index contributed by atoms with van der Waals surface area (Å²) in [6.07, 6.45) is 7.94. The summed E-state index contributed by atoms with van der Waals surface area (Å²) < 4.78 is 29.7. The molecular formula is C20H23N5O3S2. The van der Waals surface area contributed by atoms with Gasteiger partial charge in [-0.15, -0.1) is 11.3 Å². The normalized spacial score (nSPS) is 18.3. The molecule has 5 heterocycles. The summed E-state index contributed by atoms with van der Waals surface area (Å²) >= 11 is 1.38. The molecule has 0 spiro atoms. The summed E-state index contributed by atoms with van der Waals surface area (Å²) in [5.41, 5.74) is -0.0548. The van der Waals surface area contributed by atoms with Crippen molar-refractivity contribution in [3.63, 3.8) is 0 Å². The maximum atomic E-state index is 13.3. The number of hydrogen-bond acceptors (Lipinski definition) is 7. The zero-order valence-corrected chi connectivity index (χ0v) is 18.2. The van der Waals surface area contributed by atoms with Crippen LogP contribution in [-0.4, -0.2) is 53.4 Å². The van der Waals surface area contributed by atoms with Crippen molar-refractivity contribution in [1.82, 2.24) is 18.8 Å². The van der Waals surface area contributed by atoms with Gasteiger partial charge in [0.15, 0.2) is 10.8 Å². The number of aromatic nitrogens is 3. The van der Waals surface area contributed by atoms with Crippen LogP contribution in [0.3, 0.4) is 0 Å². The fourth-order valence-electron chi connectivity index (χ4n) is 4.20. The molecule has 30 heavy (non-hydrogen) atoms. The van der Waals surface area contributed by atoms with Crippen LogP contribution >= 0.6 is 11.3 Å². The van der Waals surface area contributed by atoms with Crippen molar-refractivity contribution in [2.45, 2.75) is 37.0 Å². The van der Waals surface area contributed by atoms with Crippen molar-refractivity contribution in [1.29, 1.82) is 0 Å². The Morgan fingerprint density at radius 2 is 1.70 bits per heavy atom. The van der Waals surface area contributed by atoms with Crippen molar-refractivity contribution in [2.75, 3.05) is 31.1 Å². The monoisotopic (exact) mass is 445 g/mol. The first-order valence-corrected chi connectivity index (χ1v) is 12.6. The number of sulfonamides is 1. The van der Waals surface area contributed by atoms with Crippen LogP contribution in [0.25, 0.3) is 16.2 Å². The smallest absolute Gasteiger partial charge is 0.248 e. The van der Waals surface area contributed by atoms with Crippen LogP contribution < -0.4 is 10.3 Å². The summed E-state index contributed by atoms with van der Waals surface area (Å²) in [5, 5.41) is 2.70. The van der Waals surface area contributed by atoms with Crippen LogP contribution in [0.2, 0.25) is 0 Å². The highest BCUT2D eigenvalue weighted by Gasteiger charge is 2.30. The van der Waals surface area contributed by atoms with E-state index in [9.17, 15) is 13.2 Å². The predicted octanol–water partition coefficient (Wildman–Crippen LogP) is 2.62. The second-order valence-corrected chi connectivity index (χ2v) is 10.5. The molecule has 0 bridgehead atoms. The average molecular weight is 446 g/mol. The largest absolute Gasteiger partial charge is 0.357 e. The lowest BCUT2D eigenvalue weighted by molar-refractivity contribution is 0.346. The molecule has 0 aliphatic carbocycles. The number of hydrogen-bond donors (Lipinski definition) is 0. The van der Waals surface area contributed by atoms with E-state index in [4.69, 9.17) is 4.98 Å². The minimum absolute atomic E-state index is 0.206. The van der Waals surface area contributed by atoms with Gasteiger partial charge in [0, 0.05) is 44.0 Å². The highest BCUT2D eigenvalue weighted by atomic mass is 32.2. The molecule has 158 valence electrons. The van der Waals surface area contributed by atoms with E-state index in [0.29, 0.717) is 29.3 Å². The van der Waals surface area contributed by atoms with E-state index in [0.717, 1.165) is 51.0 Å².